The van der Waals surface area contributed by atoms with Gasteiger partial charge >= 0.3 is 0 Å². The van der Waals surface area contributed by atoms with Gasteiger partial charge in [-0.2, -0.15) is 0 Å². The van der Waals surface area contributed by atoms with E-state index in [2.05, 4.69) is 20.3 Å². The molecule has 0 spiro atoms. The fourth-order valence-corrected chi connectivity index (χ4v) is 5.33. The van der Waals surface area contributed by atoms with Gasteiger partial charge < -0.3 is 19.9 Å². The van der Waals surface area contributed by atoms with Crippen LogP contribution in [0.1, 0.15) is 47.5 Å². The number of ether oxygens (including phenoxy) is 1. The van der Waals surface area contributed by atoms with Crippen molar-refractivity contribution in [1.29, 1.82) is 0 Å². The summed E-state index contributed by atoms with van der Waals surface area (Å²) in [6.45, 7) is 3.79. The minimum Gasteiger partial charge on any atom is -0.481 e. The van der Waals surface area contributed by atoms with E-state index in [4.69, 9.17) is 4.74 Å². The number of likely N-dealkylation sites (N-methyl/N-ethyl adjacent to an activating group) is 1. The number of aromatic nitrogens is 3. The second kappa shape index (κ2) is 10.9. The number of aryl methyl sites for hydroxylation is 1. The van der Waals surface area contributed by atoms with Gasteiger partial charge in [0.25, 0.3) is 5.92 Å². The Labute approximate surface area is 238 Å². The number of hydrogen-bond donors (Lipinski definition) is 1. The first-order valence-electron chi connectivity index (χ1n) is 13.5. The number of alkyl halides is 2. The number of nitrogens with zero attached hydrogens (tertiary/aromatic N) is 5. The number of amides is 1. The first kappa shape index (κ1) is 28.2. The van der Waals surface area contributed by atoms with Crippen LogP contribution >= 0.6 is 0 Å². The molecule has 10 heteroatoms. The van der Waals surface area contributed by atoms with Crippen molar-refractivity contribution in [3.63, 3.8) is 0 Å². The molecule has 1 amide bonds. The summed E-state index contributed by atoms with van der Waals surface area (Å²) >= 11 is 0. The van der Waals surface area contributed by atoms with Crippen molar-refractivity contribution in [3.8, 4) is 5.88 Å². The van der Waals surface area contributed by atoms with Gasteiger partial charge in [0, 0.05) is 49.8 Å². The molecule has 2 aromatic carbocycles. The topological polar surface area (TPSA) is 83.5 Å². The van der Waals surface area contributed by atoms with Crippen molar-refractivity contribution in [1.82, 2.24) is 19.9 Å². The van der Waals surface area contributed by atoms with E-state index in [-0.39, 0.29) is 30.4 Å². The van der Waals surface area contributed by atoms with E-state index in [9.17, 15) is 13.6 Å². The molecular formula is C31H34F2N6O2. The fourth-order valence-electron chi connectivity index (χ4n) is 5.33. The second-order valence-corrected chi connectivity index (χ2v) is 10.7. The summed E-state index contributed by atoms with van der Waals surface area (Å²) in [4.78, 5) is 29.6. The molecule has 1 aliphatic rings. The number of benzene rings is 2. The Kier molecular flexibility index (Phi) is 7.50. The number of fused-ring (bicyclic) bond motifs is 2. The number of nitrogens with one attached hydrogen (secondary N) is 1. The Balaban J connectivity index is 1.49. The fraction of sp³-hybridized carbons (Fsp3) is 0.355. The van der Waals surface area contributed by atoms with E-state index in [0.29, 0.717) is 35.1 Å². The summed E-state index contributed by atoms with van der Waals surface area (Å²) in [7, 11) is 6.87. The summed E-state index contributed by atoms with van der Waals surface area (Å²) in [6.07, 6.45) is 2.05. The molecule has 2 heterocycles. The van der Waals surface area contributed by atoms with Crippen molar-refractivity contribution >= 4 is 34.0 Å². The zero-order valence-corrected chi connectivity index (χ0v) is 24.1. The first-order valence-corrected chi connectivity index (χ1v) is 13.5. The average molecular weight is 561 g/mol. The van der Waals surface area contributed by atoms with Crippen LogP contribution in [0.3, 0.4) is 0 Å². The number of anilines is 3. The zero-order valence-electron chi connectivity index (χ0n) is 24.1. The number of pyridine rings is 1. The standard InChI is InChI=1S/C31H34F2N6O2/c1-18(23-8-7-9-26-24(23)12-13-31(26,32)33)35-29-25-16-21(10-11-27(25)36-19(2)37-29)39(5)22-14-20(15-28(40)38(3)4)30(41-6)34-17-22/h7-11,14,16-18H,12-13,15H2,1-6H3,(H,35,36,37)/t18-/m1/s1. The SMILES string of the molecule is COc1ncc(N(C)c2ccc3nc(C)nc(N[C@H](C)c4cccc5c4CCC5(F)F)c3c2)cc1CC(=O)N(C)C. The second-order valence-electron chi connectivity index (χ2n) is 10.7. The molecule has 1 aliphatic carbocycles. The van der Waals surface area contributed by atoms with Gasteiger partial charge in [-0.25, -0.2) is 23.7 Å². The van der Waals surface area contributed by atoms with Gasteiger partial charge in [0.05, 0.1) is 37.0 Å². The third kappa shape index (κ3) is 5.51. The molecule has 0 aliphatic heterocycles. The predicted molar refractivity (Wildman–Crippen MR) is 156 cm³/mol. The highest BCUT2D eigenvalue weighted by atomic mass is 19.3. The molecule has 1 atom stereocenters. The number of rotatable bonds is 8. The molecule has 1 N–H and O–H groups in total. The molecule has 0 saturated heterocycles. The van der Waals surface area contributed by atoms with Crippen LogP contribution < -0.4 is 15.0 Å². The van der Waals surface area contributed by atoms with Crippen molar-refractivity contribution in [2.45, 2.75) is 45.1 Å². The molecule has 0 saturated carbocycles. The number of carbonyl (C=O) groups excluding carboxylic acids is 1. The number of carbonyl (C=O) groups is 1. The molecule has 2 aromatic heterocycles. The lowest BCUT2D eigenvalue weighted by molar-refractivity contribution is -0.128. The highest BCUT2D eigenvalue weighted by Gasteiger charge is 2.40. The smallest absolute Gasteiger partial charge is 0.273 e. The van der Waals surface area contributed by atoms with Crippen LogP contribution in [0.15, 0.2) is 48.7 Å². The van der Waals surface area contributed by atoms with E-state index in [0.717, 1.165) is 27.8 Å². The Hall–Kier alpha value is -4.34. The van der Waals surface area contributed by atoms with E-state index in [1.165, 1.54) is 18.1 Å². The summed E-state index contributed by atoms with van der Waals surface area (Å²) in [5, 5.41) is 4.28. The maximum atomic E-state index is 14.4. The molecular weight excluding hydrogens is 526 g/mol. The number of hydrogen-bond acceptors (Lipinski definition) is 7. The molecule has 0 bridgehead atoms. The molecule has 214 valence electrons. The summed E-state index contributed by atoms with van der Waals surface area (Å²) < 4.78 is 34.2. The normalized spacial score (nSPS) is 14.4. The minimum atomic E-state index is -2.79. The Morgan fingerprint density at radius 1 is 1.12 bits per heavy atom. The van der Waals surface area contributed by atoms with Gasteiger partial charge in [0.1, 0.15) is 11.6 Å². The van der Waals surface area contributed by atoms with Crippen LogP contribution in [0.4, 0.5) is 26.0 Å². The summed E-state index contributed by atoms with van der Waals surface area (Å²) in [5.41, 5.74) is 4.77. The molecule has 5 rings (SSSR count). The summed E-state index contributed by atoms with van der Waals surface area (Å²) in [5.74, 6) is -1.21. The van der Waals surface area contributed by atoms with Gasteiger partial charge in [-0.3, -0.25) is 4.79 Å². The third-order valence-electron chi connectivity index (χ3n) is 7.63. The van der Waals surface area contributed by atoms with E-state index in [1.807, 2.05) is 56.1 Å². The maximum Gasteiger partial charge on any atom is 0.273 e. The van der Waals surface area contributed by atoms with Crippen molar-refractivity contribution in [2.75, 3.05) is 38.5 Å². The van der Waals surface area contributed by atoms with Gasteiger partial charge in [-0.15, -0.1) is 0 Å². The molecule has 41 heavy (non-hydrogen) atoms. The summed E-state index contributed by atoms with van der Waals surface area (Å²) in [6, 6.07) is 12.7. The van der Waals surface area contributed by atoms with Gasteiger partial charge in [0.15, 0.2) is 0 Å². The zero-order chi connectivity index (χ0) is 29.5. The molecule has 0 radical (unpaired) electrons. The lowest BCUT2D eigenvalue weighted by Gasteiger charge is -2.23. The van der Waals surface area contributed by atoms with Crippen LogP contribution in [0.25, 0.3) is 10.9 Å². The van der Waals surface area contributed by atoms with E-state index < -0.39 is 5.92 Å². The molecule has 8 nitrogen and oxygen atoms in total. The first-order chi connectivity index (χ1) is 19.5. The van der Waals surface area contributed by atoms with E-state index in [1.54, 1.807) is 26.4 Å². The molecule has 4 aromatic rings. The van der Waals surface area contributed by atoms with Crippen LogP contribution in [-0.2, 0) is 23.6 Å². The molecule has 0 fully saturated rings. The largest absolute Gasteiger partial charge is 0.481 e. The lowest BCUT2D eigenvalue weighted by Crippen LogP contribution is -2.24. The van der Waals surface area contributed by atoms with Crippen LogP contribution in [0.2, 0.25) is 0 Å². The third-order valence-corrected chi connectivity index (χ3v) is 7.63. The number of methoxy groups -OCH3 is 1. The molecule has 0 unspecified atom stereocenters. The Bertz CT molecular complexity index is 1620. The lowest BCUT2D eigenvalue weighted by atomic mass is 9.97. The van der Waals surface area contributed by atoms with Crippen LogP contribution in [0, 0.1) is 6.92 Å². The number of halogens is 2. The van der Waals surface area contributed by atoms with Gasteiger partial charge in [-0.05, 0) is 55.7 Å². The van der Waals surface area contributed by atoms with Crippen molar-refractivity contribution in [2.24, 2.45) is 0 Å². The van der Waals surface area contributed by atoms with Crippen LogP contribution in [-0.4, -0.2) is 54.0 Å². The Morgan fingerprint density at radius 2 is 1.90 bits per heavy atom. The Morgan fingerprint density at radius 3 is 2.63 bits per heavy atom. The van der Waals surface area contributed by atoms with Gasteiger partial charge in [0.2, 0.25) is 11.8 Å². The quantitative estimate of drug-likeness (QED) is 0.285. The highest BCUT2D eigenvalue weighted by molar-refractivity contribution is 5.92. The maximum absolute atomic E-state index is 14.4. The minimum absolute atomic E-state index is 0.0549. The van der Waals surface area contributed by atoms with Crippen LogP contribution in [0.5, 0.6) is 5.88 Å². The van der Waals surface area contributed by atoms with Crippen molar-refractivity contribution < 1.29 is 18.3 Å². The van der Waals surface area contributed by atoms with Gasteiger partial charge in [-0.1, -0.05) is 18.2 Å². The predicted octanol–water partition coefficient (Wildman–Crippen LogP) is 5.95. The van der Waals surface area contributed by atoms with Crippen molar-refractivity contribution in [3.05, 3.63) is 76.7 Å². The van der Waals surface area contributed by atoms with E-state index >= 15 is 0 Å². The monoisotopic (exact) mass is 560 g/mol. The highest BCUT2D eigenvalue weighted by Crippen LogP contribution is 2.44. The average Bonchev–Trinajstić information content (AvgIpc) is 3.26.